The molecule has 0 bridgehead atoms. The Morgan fingerprint density at radius 2 is 1.57 bits per heavy atom. The van der Waals surface area contributed by atoms with Gasteiger partial charge in [0.1, 0.15) is 5.75 Å². The predicted molar refractivity (Wildman–Crippen MR) is 150 cm³/mol. The Hall–Kier alpha value is -3.76. The highest BCUT2D eigenvalue weighted by molar-refractivity contribution is 9.10. The summed E-state index contributed by atoms with van der Waals surface area (Å²) < 4.78 is 6.45. The molecule has 0 unspecified atom stereocenters. The van der Waals surface area contributed by atoms with Gasteiger partial charge in [0, 0.05) is 29.2 Å². The molecule has 3 aromatic rings. The second-order valence-electron chi connectivity index (χ2n) is 8.31. The lowest BCUT2D eigenvalue weighted by Crippen LogP contribution is -2.48. The van der Waals surface area contributed by atoms with Crippen LogP contribution in [-0.2, 0) is 11.2 Å². The number of nitrogens with one attached hydrogen (secondary N) is 4. The van der Waals surface area contributed by atoms with Gasteiger partial charge in [-0.1, -0.05) is 44.2 Å². The third kappa shape index (κ3) is 8.69. The molecule has 0 saturated heterocycles. The Balaban J connectivity index is 1.45. The molecule has 0 fully saturated rings. The van der Waals surface area contributed by atoms with Crippen LogP contribution in [0.4, 0.5) is 5.69 Å². The molecule has 0 aliphatic carbocycles. The van der Waals surface area contributed by atoms with Crippen LogP contribution in [0.25, 0.3) is 0 Å². The average molecular weight is 584 g/mol. The summed E-state index contributed by atoms with van der Waals surface area (Å²) >= 11 is 8.55. The maximum Gasteiger partial charge on any atom is 0.269 e. The zero-order chi connectivity index (χ0) is 26.8. The number of benzene rings is 3. The van der Waals surface area contributed by atoms with Gasteiger partial charge in [-0.05, 0) is 76.2 Å². The van der Waals surface area contributed by atoms with Crippen molar-refractivity contribution in [3.63, 3.8) is 0 Å². The molecule has 0 heterocycles. The first kappa shape index (κ1) is 27.8. The lowest BCUT2D eigenvalue weighted by molar-refractivity contribution is -0.118. The zero-order valence-electron chi connectivity index (χ0n) is 20.3. The van der Waals surface area contributed by atoms with Crippen molar-refractivity contribution in [3.8, 4) is 5.75 Å². The summed E-state index contributed by atoms with van der Waals surface area (Å²) in [6, 6.07) is 21.4. The van der Waals surface area contributed by atoms with E-state index in [0.717, 1.165) is 6.42 Å². The van der Waals surface area contributed by atoms with Crippen molar-refractivity contribution in [2.24, 2.45) is 5.92 Å². The first-order chi connectivity index (χ1) is 17.7. The summed E-state index contributed by atoms with van der Waals surface area (Å²) in [7, 11) is 0. The minimum atomic E-state index is -0.460. The monoisotopic (exact) mass is 582 g/mol. The van der Waals surface area contributed by atoms with Crippen molar-refractivity contribution in [2.75, 3.05) is 11.9 Å². The Labute approximate surface area is 229 Å². The van der Waals surface area contributed by atoms with E-state index < -0.39 is 11.8 Å². The van der Waals surface area contributed by atoms with E-state index in [-0.39, 0.29) is 16.9 Å². The van der Waals surface area contributed by atoms with Gasteiger partial charge >= 0.3 is 0 Å². The van der Waals surface area contributed by atoms with Gasteiger partial charge in [-0.3, -0.25) is 30.6 Å². The number of anilines is 1. The summed E-state index contributed by atoms with van der Waals surface area (Å²) in [4.78, 5) is 36.7. The molecule has 0 aromatic heterocycles. The largest absolute Gasteiger partial charge is 0.492 e. The first-order valence-electron chi connectivity index (χ1n) is 11.5. The van der Waals surface area contributed by atoms with Crippen molar-refractivity contribution < 1.29 is 19.1 Å². The summed E-state index contributed by atoms with van der Waals surface area (Å²) in [5.41, 5.74) is 7.40. The van der Waals surface area contributed by atoms with Crippen LogP contribution in [0.2, 0.25) is 0 Å². The molecular weight excluding hydrogens is 556 g/mol. The molecule has 4 N–H and O–H groups in total. The summed E-state index contributed by atoms with van der Waals surface area (Å²) in [6.07, 6.45) is 0.764. The number of ether oxygens (including phenoxy) is 1. The van der Waals surface area contributed by atoms with Crippen molar-refractivity contribution in [3.05, 3.63) is 94.0 Å². The molecule has 3 rings (SSSR count). The van der Waals surface area contributed by atoms with Gasteiger partial charge in [0.2, 0.25) is 5.91 Å². The highest BCUT2D eigenvalue weighted by Crippen LogP contribution is 2.26. The standard InChI is InChI=1S/C27H27BrN4O4S/c1-17(2)24(33)29-21-11-8-19(9-12-21)26(35)31-32-27(37)30-25(34)20-10-13-23(22(28)16-20)36-15-14-18-6-4-3-5-7-18/h3-13,16-17H,14-15H2,1-2H3,(H,29,33)(H,31,35)(H2,30,32,34,37). The highest BCUT2D eigenvalue weighted by Gasteiger charge is 2.13. The third-order valence-electron chi connectivity index (χ3n) is 5.14. The lowest BCUT2D eigenvalue weighted by atomic mass is 10.1. The summed E-state index contributed by atoms with van der Waals surface area (Å²) in [6.45, 7) is 4.08. The Morgan fingerprint density at radius 3 is 2.22 bits per heavy atom. The van der Waals surface area contributed by atoms with Crippen LogP contribution < -0.4 is 26.2 Å². The van der Waals surface area contributed by atoms with Crippen LogP contribution in [0.5, 0.6) is 5.75 Å². The number of carbonyl (C=O) groups excluding carboxylic acids is 3. The topological polar surface area (TPSA) is 109 Å². The number of hydrazine groups is 1. The molecule has 0 aliphatic rings. The number of carbonyl (C=O) groups is 3. The average Bonchev–Trinajstić information content (AvgIpc) is 2.89. The van der Waals surface area contributed by atoms with Crippen molar-refractivity contribution >= 4 is 56.7 Å². The molecule has 0 atom stereocenters. The molecule has 0 radical (unpaired) electrons. The fourth-order valence-electron chi connectivity index (χ4n) is 3.07. The van der Waals surface area contributed by atoms with Gasteiger partial charge < -0.3 is 10.1 Å². The maximum absolute atomic E-state index is 12.6. The van der Waals surface area contributed by atoms with E-state index in [2.05, 4.69) is 37.4 Å². The Bertz CT molecular complexity index is 1270. The van der Waals surface area contributed by atoms with Crippen molar-refractivity contribution in [2.45, 2.75) is 20.3 Å². The number of rotatable bonds is 8. The quantitative estimate of drug-likeness (QED) is 0.228. The fourth-order valence-corrected chi connectivity index (χ4v) is 3.70. The van der Waals surface area contributed by atoms with Crippen LogP contribution in [0.3, 0.4) is 0 Å². The molecule has 192 valence electrons. The molecule has 0 aliphatic heterocycles. The molecule has 0 spiro atoms. The maximum atomic E-state index is 12.6. The van der Waals surface area contributed by atoms with E-state index in [9.17, 15) is 14.4 Å². The van der Waals surface area contributed by atoms with E-state index in [0.29, 0.717) is 33.6 Å². The van der Waals surface area contributed by atoms with E-state index in [1.807, 2.05) is 30.3 Å². The Morgan fingerprint density at radius 1 is 0.892 bits per heavy atom. The van der Waals surface area contributed by atoms with Crippen LogP contribution in [0.15, 0.2) is 77.3 Å². The molecule has 10 heteroatoms. The molecule has 3 amide bonds. The van der Waals surface area contributed by atoms with Gasteiger partial charge in [0.05, 0.1) is 11.1 Å². The minimum Gasteiger partial charge on any atom is -0.492 e. The smallest absolute Gasteiger partial charge is 0.269 e. The molecule has 0 saturated carbocycles. The number of halogens is 1. The van der Waals surface area contributed by atoms with Gasteiger partial charge in [-0.2, -0.15) is 0 Å². The van der Waals surface area contributed by atoms with Crippen molar-refractivity contribution in [1.82, 2.24) is 16.2 Å². The van der Waals surface area contributed by atoms with E-state index in [4.69, 9.17) is 17.0 Å². The molecular formula is C27H27BrN4O4S. The van der Waals surface area contributed by atoms with Gasteiger partial charge in [-0.25, -0.2) is 0 Å². The van der Waals surface area contributed by atoms with E-state index in [1.54, 1.807) is 56.3 Å². The number of thiocarbonyl (C=S) groups is 1. The van der Waals surface area contributed by atoms with Gasteiger partial charge in [-0.15, -0.1) is 0 Å². The zero-order valence-corrected chi connectivity index (χ0v) is 22.7. The van der Waals surface area contributed by atoms with Crippen molar-refractivity contribution in [1.29, 1.82) is 0 Å². The highest BCUT2D eigenvalue weighted by atomic mass is 79.9. The molecule has 8 nitrogen and oxygen atoms in total. The van der Waals surface area contributed by atoms with Crippen LogP contribution in [-0.4, -0.2) is 29.4 Å². The van der Waals surface area contributed by atoms with Gasteiger partial charge in [0.15, 0.2) is 5.11 Å². The number of amides is 3. The van der Waals surface area contributed by atoms with Crippen LogP contribution in [0, 0.1) is 5.92 Å². The lowest BCUT2D eigenvalue weighted by Gasteiger charge is -2.13. The number of hydrogen-bond donors (Lipinski definition) is 4. The minimum absolute atomic E-state index is 0.0709. The second-order valence-corrected chi connectivity index (χ2v) is 9.58. The number of hydrogen-bond acceptors (Lipinski definition) is 5. The fraction of sp³-hybridized carbons (Fsp3) is 0.185. The van der Waals surface area contributed by atoms with Crippen LogP contribution in [0.1, 0.15) is 40.1 Å². The van der Waals surface area contributed by atoms with E-state index >= 15 is 0 Å². The predicted octanol–water partition coefficient (Wildman–Crippen LogP) is 4.61. The molecule has 37 heavy (non-hydrogen) atoms. The summed E-state index contributed by atoms with van der Waals surface area (Å²) in [5.74, 6) is -0.556. The van der Waals surface area contributed by atoms with Gasteiger partial charge in [0.25, 0.3) is 11.8 Å². The molecule has 3 aromatic carbocycles. The SMILES string of the molecule is CC(C)C(=O)Nc1ccc(C(=O)NNC(=S)NC(=O)c2ccc(OCCc3ccccc3)c(Br)c2)cc1. The normalized spacial score (nSPS) is 10.4. The summed E-state index contributed by atoms with van der Waals surface area (Å²) in [5, 5.41) is 5.20. The van der Waals surface area contributed by atoms with E-state index in [1.165, 1.54) is 5.56 Å². The third-order valence-corrected chi connectivity index (χ3v) is 5.96. The Kier molecular flexibility index (Phi) is 10.2. The first-order valence-corrected chi connectivity index (χ1v) is 12.7. The second kappa shape index (κ2) is 13.5. The van der Waals surface area contributed by atoms with Crippen LogP contribution >= 0.6 is 28.1 Å².